The number of ether oxygens (including phenoxy) is 3. The molecule has 12 nitrogen and oxygen atoms in total. The van der Waals surface area contributed by atoms with E-state index in [9.17, 15) is 24.3 Å². The lowest BCUT2D eigenvalue weighted by Crippen LogP contribution is -2.71. The van der Waals surface area contributed by atoms with Crippen molar-refractivity contribution in [2.45, 2.75) is 136 Å². The number of nitrogens with one attached hydrogen (secondary N) is 1. The van der Waals surface area contributed by atoms with Crippen molar-refractivity contribution in [2.24, 2.45) is 28.6 Å². The number of aryl methyl sites for hydroxylation is 1. The van der Waals surface area contributed by atoms with Gasteiger partial charge in [-0.25, -0.2) is 13.6 Å². The van der Waals surface area contributed by atoms with Crippen LogP contribution in [0, 0.1) is 48.2 Å². The lowest BCUT2D eigenvalue weighted by molar-refractivity contribution is -0.231. The second kappa shape index (κ2) is 14.3. The molecule has 4 saturated carbocycles. The van der Waals surface area contributed by atoms with Crippen LogP contribution in [0.1, 0.15) is 115 Å². The molecule has 1 aliphatic heterocycles. The number of benzene rings is 1. The molecule has 0 spiro atoms. The first kappa shape index (κ1) is 43.2. The van der Waals surface area contributed by atoms with E-state index in [1.807, 2.05) is 16.4 Å². The standard InChI is InChI=1S/C47H59F2N3O9/c1-23-19-32-31-14-11-28-20-30(54)15-16-44(28,8)46(31,49)33(55)21-45(32,9)47(23,60-27(5)53)42(58)43(6,7)61-41(57)35-26(4)52(29-12-13-29)37-34(39(35)56)25(3)36(48)38(40(37)59-10)51-18-17-50-24(2)22-51/h15-16,20,23-24,29,31-33,50,55H,11-14,17-19,21-22H2,1-10H3/t23-,24?,31-,32-,33-,44-,45-,46-,47-/m0/s1. The lowest BCUT2D eigenvalue weighted by Gasteiger charge is -2.63. The van der Waals surface area contributed by atoms with Gasteiger partial charge in [0.1, 0.15) is 11.3 Å². The van der Waals surface area contributed by atoms with Crippen molar-refractivity contribution in [3.8, 4) is 5.75 Å². The van der Waals surface area contributed by atoms with E-state index in [-0.39, 0.29) is 64.4 Å². The van der Waals surface area contributed by atoms with Gasteiger partial charge in [-0.2, -0.15) is 0 Å². The van der Waals surface area contributed by atoms with Gasteiger partial charge in [-0.05, 0) is 98.1 Å². The van der Waals surface area contributed by atoms with Gasteiger partial charge < -0.3 is 34.1 Å². The van der Waals surface area contributed by atoms with E-state index in [4.69, 9.17) is 14.2 Å². The number of fused-ring (bicyclic) bond motifs is 6. The smallest absolute Gasteiger partial charge is 0.344 e. The number of carbonyl (C=O) groups is 4. The third-order valence-electron chi connectivity index (χ3n) is 15.7. The molecule has 14 heteroatoms. The summed E-state index contributed by atoms with van der Waals surface area (Å²) >= 11 is 0. The number of alkyl halides is 1. The van der Waals surface area contributed by atoms with Crippen molar-refractivity contribution in [3.63, 3.8) is 0 Å². The highest BCUT2D eigenvalue weighted by Crippen LogP contribution is 2.72. The number of aliphatic hydroxyl groups excluding tert-OH is 1. The maximum absolute atomic E-state index is 18.0. The van der Waals surface area contributed by atoms with Crippen LogP contribution < -0.4 is 20.4 Å². The number of anilines is 1. The Balaban J connectivity index is 1.20. The third-order valence-corrected chi connectivity index (χ3v) is 15.7. The van der Waals surface area contributed by atoms with E-state index in [0.717, 1.165) is 12.8 Å². The largest absolute Gasteiger partial charge is 0.492 e. The summed E-state index contributed by atoms with van der Waals surface area (Å²) in [6.45, 7) is 16.0. The van der Waals surface area contributed by atoms with Crippen LogP contribution in [-0.4, -0.2) is 88.9 Å². The first-order valence-corrected chi connectivity index (χ1v) is 21.7. The van der Waals surface area contributed by atoms with Crippen LogP contribution in [0.4, 0.5) is 14.5 Å². The van der Waals surface area contributed by atoms with Crippen molar-refractivity contribution < 1.29 is 47.3 Å². The molecule has 1 aromatic heterocycles. The summed E-state index contributed by atoms with van der Waals surface area (Å²) in [5.41, 5.74) is -8.35. The van der Waals surface area contributed by atoms with Gasteiger partial charge in [-0.3, -0.25) is 19.2 Å². The number of nitrogens with zero attached hydrogens (tertiary/aromatic N) is 2. The fraction of sp³-hybridized carbons (Fsp3) is 0.638. The summed E-state index contributed by atoms with van der Waals surface area (Å²) in [5, 5.41) is 15.4. The molecule has 2 N–H and O–H groups in total. The minimum atomic E-state index is -2.20. The Bertz CT molecular complexity index is 2400. The number of aromatic nitrogens is 1. The number of ketones is 2. The van der Waals surface area contributed by atoms with Crippen LogP contribution >= 0.6 is 0 Å². The van der Waals surface area contributed by atoms with Crippen LogP contribution in [0.2, 0.25) is 0 Å². The van der Waals surface area contributed by atoms with Gasteiger partial charge >= 0.3 is 11.9 Å². The van der Waals surface area contributed by atoms with Crippen molar-refractivity contribution in [1.29, 1.82) is 0 Å². The zero-order valence-corrected chi connectivity index (χ0v) is 36.9. The van der Waals surface area contributed by atoms with E-state index in [1.165, 1.54) is 47.0 Å². The van der Waals surface area contributed by atoms with E-state index < -0.39 is 80.5 Å². The Morgan fingerprint density at radius 2 is 1.75 bits per heavy atom. The highest BCUT2D eigenvalue weighted by atomic mass is 19.1. The fourth-order valence-corrected chi connectivity index (χ4v) is 12.8. The zero-order valence-electron chi connectivity index (χ0n) is 36.9. The minimum absolute atomic E-state index is 0.0201. The molecule has 1 aromatic carbocycles. The highest BCUT2D eigenvalue weighted by molar-refractivity contribution is 6.04. The molecule has 9 atom stereocenters. The van der Waals surface area contributed by atoms with Crippen LogP contribution in [0.3, 0.4) is 0 Å². The second-order valence-corrected chi connectivity index (χ2v) is 19.7. The molecule has 0 radical (unpaired) electrons. The summed E-state index contributed by atoms with van der Waals surface area (Å²) in [6.07, 6.45) is 4.91. The van der Waals surface area contributed by atoms with E-state index in [1.54, 1.807) is 33.8 Å². The predicted octanol–water partition coefficient (Wildman–Crippen LogP) is 6.32. The normalized spacial score (nSPS) is 34.6. The number of pyridine rings is 1. The van der Waals surface area contributed by atoms with Gasteiger partial charge in [0.25, 0.3) is 0 Å². The summed E-state index contributed by atoms with van der Waals surface area (Å²) in [4.78, 5) is 72.3. The van der Waals surface area contributed by atoms with E-state index in [0.29, 0.717) is 43.6 Å². The number of carbonyl (C=O) groups excluding carboxylic acids is 4. The average Bonchev–Trinajstić information content (AvgIpc) is 3.99. The number of esters is 2. The predicted molar refractivity (Wildman–Crippen MR) is 224 cm³/mol. The number of hydrogen-bond acceptors (Lipinski definition) is 11. The van der Waals surface area contributed by atoms with Crippen molar-refractivity contribution in [2.75, 3.05) is 31.6 Å². The Morgan fingerprint density at radius 1 is 1.07 bits per heavy atom. The molecule has 5 aliphatic carbocycles. The van der Waals surface area contributed by atoms with E-state index >= 15 is 13.6 Å². The number of hydrogen-bond donors (Lipinski definition) is 2. The van der Waals surface area contributed by atoms with Crippen LogP contribution in [0.15, 0.2) is 28.6 Å². The minimum Gasteiger partial charge on any atom is -0.492 e. The topological polar surface area (TPSA) is 153 Å². The molecule has 2 heterocycles. The highest BCUT2D eigenvalue weighted by Gasteiger charge is 2.78. The molecular formula is C47H59F2N3O9. The summed E-state index contributed by atoms with van der Waals surface area (Å²) in [6, 6.07) is -0.0335. The second-order valence-electron chi connectivity index (χ2n) is 19.7. The number of piperazine rings is 1. The quantitative estimate of drug-likeness (QED) is 0.287. The first-order chi connectivity index (χ1) is 28.5. The van der Waals surface area contributed by atoms with Gasteiger partial charge in [0, 0.05) is 72.6 Å². The number of methoxy groups -OCH3 is 1. The number of halogens is 2. The van der Waals surface area contributed by atoms with Crippen LogP contribution in [0.25, 0.3) is 10.9 Å². The molecule has 2 aromatic rings. The number of Topliss-reactive ketones (excluding diaryl/α,β-unsaturated/α-hetero) is 1. The average molecular weight is 848 g/mol. The van der Waals surface area contributed by atoms with Crippen molar-refractivity contribution in [1.82, 2.24) is 9.88 Å². The van der Waals surface area contributed by atoms with Gasteiger partial charge in [0.05, 0.1) is 24.1 Å². The number of rotatable bonds is 8. The van der Waals surface area contributed by atoms with Gasteiger partial charge in [-0.1, -0.05) is 25.5 Å². The molecule has 8 rings (SSSR count). The molecular weight excluding hydrogens is 789 g/mol. The maximum atomic E-state index is 18.0. The first-order valence-electron chi connectivity index (χ1n) is 21.7. The molecule has 6 aliphatic rings. The van der Waals surface area contributed by atoms with Crippen LogP contribution in [-0.2, 0) is 23.9 Å². The van der Waals surface area contributed by atoms with Crippen LogP contribution in [0.5, 0.6) is 5.75 Å². The van der Waals surface area contributed by atoms with Crippen molar-refractivity contribution in [3.05, 3.63) is 56.7 Å². The Labute approximate surface area is 355 Å². The molecule has 0 amide bonds. The number of allylic oxidation sites excluding steroid dienone is 4. The Morgan fingerprint density at radius 3 is 2.38 bits per heavy atom. The number of aliphatic hydroxyl groups is 1. The van der Waals surface area contributed by atoms with Crippen molar-refractivity contribution >= 4 is 40.1 Å². The molecule has 330 valence electrons. The monoisotopic (exact) mass is 847 g/mol. The summed E-state index contributed by atoms with van der Waals surface area (Å²) in [5.74, 6) is -5.35. The maximum Gasteiger partial charge on any atom is 0.344 e. The van der Waals surface area contributed by atoms with E-state index in [2.05, 4.69) is 5.32 Å². The molecule has 5 fully saturated rings. The third kappa shape index (κ3) is 5.89. The summed E-state index contributed by atoms with van der Waals surface area (Å²) in [7, 11) is 1.44. The van der Waals surface area contributed by atoms with Gasteiger partial charge in [0.15, 0.2) is 34.2 Å². The zero-order chi connectivity index (χ0) is 44.5. The molecule has 1 unspecified atom stereocenters. The molecule has 1 saturated heterocycles. The lowest BCUT2D eigenvalue weighted by atomic mass is 9.44. The summed E-state index contributed by atoms with van der Waals surface area (Å²) < 4.78 is 54.9. The molecule has 61 heavy (non-hydrogen) atoms. The Hall–Kier alpha value is -4.43. The molecule has 0 bridgehead atoms. The Kier molecular flexibility index (Phi) is 10.1. The SMILES string of the molecule is COc1c(N2CCNC(C)C2)c(F)c(C)c2c(=O)c(C(=O)OC(C)(C)C(=O)[C@@]3(OC(C)=O)[C@@H](C)C[C@H]4[C@@H]5CCC6=CC(=O)C=C[C@]6(C)[C@@]5(F)[C@@H](O)C[C@@]43C)c(C)n(C3CC3)c12. The van der Waals surface area contributed by atoms with Gasteiger partial charge in [0.2, 0.25) is 11.2 Å². The fourth-order valence-electron chi connectivity index (χ4n) is 12.8. The van der Waals surface area contributed by atoms with Gasteiger partial charge in [-0.15, -0.1) is 0 Å².